The Morgan fingerprint density at radius 1 is 1.54 bits per heavy atom. The number of nitrogens with one attached hydrogen (secondary N) is 1. The van der Waals surface area contributed by atoms with Gasteiger partial charge in [-0.05, 0) is 6.92 Å². The Morgan fingerprint density at radius 2 is 2.08 bits per heavy atom. The number of rotatable bonds is 2. The molecule has 0 spiro atoms. The van der Waals surface area contributed by atoms with Crippen molar-refractivity contribution in [3.05, 3.63) is 0 Å². The third-order valence-corrected chi connectivity index (χ3v) is 2.23. The van der Waals surface area contributed by atoms with Crippen LogP contribution in [0.5, 0.6) is 0 Å². The molecule has 0 bridgehead atoms. The summed E-state index contributed by atoms with van der Waals surface area (Å²) in [7, 11) is 0. The molecule has 3 N–H and O–H groups in total. The molecule has 1 aliphatic heterocycles. The first-order valence-corrected chi connectivity index (χ1v) is 3.65. The molecule has 0 aromatic heterocycles. The predicted octanol–water partition coefficient (Wildman–Crippen LogP) is -0.950. The average Bonchev–Trinajstić information content (AvgIpc) is 2.27. The van der Waals surface area contributed by atoms with Crippen molar-refractivity contribution in [3.63, 3.8) is 0 Å². The minimum Gasteiger partial charge on any atom is -0.481 e. The number of carboxylic acids is 2. The van der Waals surface area contributed by atoms with E-state index >= 15 is 0 Å². The first-order chi connectivity index (χ1) is 5.88. The van der Waals surface area contributed by atoms with E-state index in [1.165, 1.54) is 6.92 Å². The van der Waals surface area contributed by atoms with E-state index < -0.39 is 29.3 Å². The fourth-order valence-electron chi connectivity index (χ4n) is 1.35. The van der Waals surface area contributed by atoms with Gasteiger partial charge in [0, 0.05) is 6.42 Å². The zero-order valence-electron chi connectivity index (χ0n) is 6.90. The fourth-order valence-corrected chi connectivity index (χ4v) is 1.35. The number of carbonyl (C=O) groups is 3. The Kier molecular flexibility index (Phi) is 1.99. The molecule has 1 aliphatic rings. The maximum Gasteiger partial charge on any atom is 0.330 e. The molecule has 0 radical (unpaired) electrons. The molecule has 2 atom stereocenters. The van der Waals surface area contributed by atoms with Crippen LogP contribution in [0.2, 0.25) is 0 Å². The molecule has 72 valence electrons. The van der Waals surface area contributed by atoms with Gasteiger partial charge >= 0.3 is 11.9 Å². The van der Waals surface area contributed by atoms with Crippen LogP contribution in [0, 0.1) is 5.92 Å². The summed E-state index contributed by atoms with van der Waals surface area (Å²) in [5.74, 6) is -4.34. The van der Waals surface area contributed by atoms with Crippen LogP contribution in [-0.2, 0) is 14.4 Å². The van der Waals surface area contributed by atoms with Crippen molar-refractivity contribution in [2.45, 2.75) is 18.9 Å². The van der Waals surface area contributed by atoms with E-state index in [0.29, 0.717) is 0 Å². The summed E-state index contributed by atoms with van der Waals surface area (Å²) in [6, 6.07) is 0. The molecule has 0 aliphatic carbocycles. The van der Waals surface area contributed by atoms with Gasteiger partial charge in [0.05, 0.1) is 5.92 Å². The molecule has 6 nitrogen and oxygen atoms in total. The van der Waals surface area contributed by atoms with E-state index in [1.54, 1.807) is 0 Å². The standard InChI is InChI=1S/C7H9NO5/c1-7(6(12)13)3(5(10)11)2-4(9)8-7/h3H,2H2,1H3,(H,8,9)(H,10,11)(H,12,13). The number of aliphatic carboxylic acids is 2. The van der Waals surface area contributed by atoms with Crippen molar-refractivity contribution in [1.82, 2.24) is 5.32 Å². The second kappa shape index (κ2) is 2.72. The third kappa shape index (κ3) is 1.34. The lowest BCUT2D eigenvalue weighted by Gasteiger charge is -2.22. The zero-order chi connectivity index (χ0) is 10.2. The van der Waals surface area contributed by atoms with Crippen LogP contribution in [0.3, 0.4) is 0 Å². The van der Waals surface area contributed by atoms with Gasteiger partial charge in [0.25, 0.3) is 0 Å². The minimum absolute atomic E-state index is 0.280. The predicted molar refractivity (Wildman–Crippen MR) is 39.9 cm³/mol. The highest BCUT2D eigenvalue weighted by molar-refractivity contribution is 5.97. The Balaban J connectivity index is 3.01. The molecule has 13 heavy (non-hydrogen) atoms. The van der Waals surface area contributed by atoms with Crippen LogP contribution in [0.25, 0.3) is 0 Å². The zero-order valence-corrected chi connectivity index (χ0v) is 6.90. The summed E-state index contributed by atoms with van der Waals surface area (Å²) in [4.78, 5) is 32.2. The van der Waals surface area contributed by atoms with Gasteiger partial charge in [0.2, 0.25) is 5.91 Å². The van der Waals surface area contributed by atoms with Gasteiger partial charge in [0.15, 0.2) is 0 Å². The van der Waals surface area contributed by atoms with Gasteiger partial charge < -0.3 is 15.5 Å². The van der Waals surface area contributed by atoms with Crippen molar-refractivity contribution in [3.8, 4) is 0 Å². The van der Waals surface area contributed by atoms with Crippen molar-refractivity contribution < 1.29 is 24.6 Å². The van der Waals surface area contributed by atoms with Crippen LogP contribution in [-0.4, -0.2) is 33.6 Å². The lowest BCUT2D eigenvalue weighted by Crippen LogP contribution is -2.52. The topological polar surface area (TPSA) is 104 Å². The highest BCUT2D eigenvalue weighted by Gasteiger charge is 2.52. The Bertz CT molecular complexity index is 287. The smallest absolute Gasteiger partial charge is 0.330 e. The second-order valence-electron chi connectivity index (χ2n) is 3.15. The molecule has 1 rings (SSSR count). The van der Waals surface area contributed by atoms with Crippen LogP contribution in [0.4, 0.5) is 0 Å². The van der Waals surface area contributed by atoms with Gasteiger partial charge in [0.1, 0.15) is 5.54 Å². The van der Waals surface area contributed by atoms with Crippen molar-refractivity contribution in [2.24, 2.45) is 5.92 Å². The van der Waals surface area contributed by atoms with Gasteiger partial charge in [-0.3, -0.25) is 9.59 Å². The van der Waals surface area contributed by atoms with Crippen molar-refractivity contribution in [2.75, 3.05) is 0 Å². The van der Waals surface area contributed by atoms with E-state index in [4.69, 9.17) is 10.2 Å². The highest BCUT2D eigenvalue weighted by atomic mass is 16.4. The van der Waals surface area contributed by atoms with Crippen molar-refractivity contribution in [1.29, 1.82) is 0 Å². The third-order valence-electron chi connectivity index (χ3n) is 2.23. The summed E-state index contributed by atoms with van der Waals surface area (Å²) < 4.78 is 0. The largest absolute Gasteiger partial charge is 0.481 e. The number of hydrogen-bond acceptors (Lipinski definition) is 3. The summed E-state index contributed by atoms with van der Waals surface area (Å²) >= 11 is 0. The normalized spacial score (nSPS) is 32.7. The SMILES string of the molecule is CC1(C(=O)O)NC(=O)CC1C(=O)O. The molecular formula is C7H9NO5. The molecule has 1 heterocycles. The van der Waals surface area contributed by atoms with Crippen LogP contribution in [0.15, 0.2) is 0 Å². The summed E-state index contributed by atoms with van der Waals surface area (Å²) in [6.45, 7) is 1.19. The summed E-state index contributed by atoms with van der Waals surface area (Å²) in [6.07, 6.45) is -0.280. The van der Waals surface area contributed by atoms with E-state index in [9.17, 15) is 14.4 Å². The first kappa shape index (κ1) is 9.50. The number of carboxylic acid groups (broad SMARTS) is 2. The molecular weight excluding hydrogens is 178 g/mol. The van der Waals surface area contributed by atoms with Gasteiger partial charge in [-0.2, -0.15) is 0 Å². The molecule has 0 aromatic carbocycles. The quantitative estimate of drug-likeness (QED) is 0.517. The monoisotopic (exact) mass is 187 g/mol. The molecule has 2 unspecified atom stereocenters. The number of hydrogen-bond donors (Lipinski definition) is 3. The van der Waals surface area contributed by atoms with E-state index in [-0.39, 0.29) is 6.42 Å². The number of amides is 1. The molecule has 0 saturated carbocycles. The van der Waals surface area contributed by atoms with E-state index in [0.717, 1.165) is 0 Å². The van der Waals surface area contributed by atoms with Crippen LogP contribution < -0.4 is 5.32 Å². The lowest BCUT2D eigenvalue weighted by molar-refractivity contribution is -0.154. The van der Waals surface area contributed by atoms with Crippen LogP contribution >= 0.6 is 0 Å². The Morgan fingerprint density at radius 3 is 2.38 bits per heavy atom. The fraction of sp³-hybridized carbons (Fsp3) is 0.571. The van der Waals surface area contributed by atoms with Gasteiger partial charge in [-0.25, -0.2) is 4.79 Å². The average molecular weight is 187 g/mol. The Hall–Kier alpha value is -1.59. The molecule has 1 amide bonds. The summed E-state index contributed by atoms with van der Waals surface area (Å²) in [5, 5.41) is 19.5. The number of carbonyl (C=O) groups excluding carboxylic acids is 1. The van der Waals surface area contributed by atoms with Crippen molar-refractivity contribution >= 4 is 17.8 Å². The van der Waals surface area contributed by atoms with E-state index in [1.807, 2.05) is 0 Å². The van der Waals surface area contributed by atoms with Gasteiger partial charge in [-0.1, -0.05) is 0 Å². The van der Waals surface area contributed by atoms with Crippen LogP contribution in [0.1, 0.15) is 13.3 Å². The highest BCUT2D eigenvalue weighted by Crippen LogP contribution is 2.27. The van der Waals surface area contributed by atoms with Gasteiger partial charge in [-0.15, -0.1) is 0 Å². The van der Waals surface area contributed by atoms with E-state index in [2.05, 4.69) is 5.32 Å². The maximum absolute atomic E-state index is 10.8. The Labute approximate surface area is 73.5 Å². The second-order valence-corrected chi connectivity index (χ2v) is 3.15. The summed E-state index contributed by atoms with van der Waals surface area (Å²) in [5.41, 5.74) is -1.68. The first-order valence-electron chi connectivity index (χ1n) is 3.65. The molecule has 1 fully saturated rings. The maximum atomic E-state index is 10.8. The molecule has 0 aromatic rings. The minimum atomic E-state index is -1.68. The lowest BCUT2D eigenvalue weighted by atomic mass is 9.87. The molecule has 6 heteroatoms. The molecule has 1 saturated heterocycles.